The molecule has 3 rings (SSSR count). The summed E-state index contributed by atoms with van der Waals surface area (Å²) in [5.41, 5.74) is 1.70. The Bertz CT molecular complexity index is 813. The summed E-state index contributed by atoms with van der Waals surface area (Å²) >= 11 is 0. The Kier molecular flexibility index (Phi) is 3.97. The highest BCUT2D eigenvalue weighted by molar-refractivity contribution is 6.62. The average Bonchev–Trinajstić information content (AvgIpc) is 2.72. The van der Waals surface area contributed by atoms with E-state index in [9.17, 15) is 4.79 Å². The van der Waals surface area contributed by atoms with Gasteiger partial charge in [-0.3, -0.25) is 4.98 Å². The third-order valence-corrected chi connectivity index (χ3v) is 4.67. The second kappa shape index (κ2) is 5.72. The van der Waals surface area contributed by atoms with Gasteiger partial charge in [0.05, 0.1) is 16.7 Å². The molecule has 24 heavy (non-hydrogen) atoms. The molecule has 0 atom stereocenters. The summed E-state index contributed by atoms with van der Waals surface area (Å²) in [5, 5.41) is 9.65. The number of hydrogen-bond acceptors (Lipinski definition) is 4. The fourth-order valence-electron chi connectivity index (χ4n) is 2.55. The van der Waals surface area contributed by atoms with Crippen LogP contribution < -0.4 is 5.46 Å². The van der Waals surface area contributed by atoms with Crippen LogP contribution in [0.3, 0.4) is 0 Å². The van der Waals surface area contributed by atoms with Gasteiger partial charge in [0.1, 0.15) is 0 Å². The molecule has 0 bridgehead atoms. The van der Waals surface area contributed by atoms with E-state index in [-0.39, 0.29) is 0 Å². The van der Waals surface area contributed by atoms with Crippen molar-refractivity contribution in [1.29, 1.82) is 0 Å². The Labute approximate surface area is 141 Å². The first-order chi connectivity index (χ1) is 11.2. The molecule has 1 fully saturated rings. The van der Waals surface area contributed by atoms with Crippen LogP contribution in [0.15, 0.2) is 36.5 Å². The number of hydrogen-bond donors (Lipinski definition) is 1. The van der Waals surface area contributed by atoms with Gasteiger partial charge in [-0.25, -0.2) is 4.79 Å². The zero-order valence-electron chi connectivity index (χ0n) is 14.2. The molecule has 0 spiro atoms. The summed E-state index contributed by atoms with van der Waals surface area (Å²) in [6, 6.07) is 7.74. The van der Waals surface area contributed by atoms with Crippen molar-refractivity contribution in [3.63, 3.8) is 0 Å². The van der Waals surface area contributed by atoms with Gasteiger partial charge in [-0.15, -0.1) is 0 Å². The van der Waals surface area contributed by atoms with E-state index < -0.39 is 24.3 Å². The van der Waals surface area contributed by atoms with Crippen LogP contribution >= 0.6 is 0 Å². The highest BCUT2D eigenvalue weighted by Gasteiger charge is 2.51. The smallest absolute Gasteiger partial charge is 0.478 e. The van der Waals surface area contributed by atoms with Crippen molar-refractivity contribution in [3.05, 3.63) is 42.1 Å². The molecule has 6 heteroatoms. The molecular formula is C18H20BNO4. The first-order valence-corrected chi connectivity index (χ1v) is 7.84. The first kappa shape index (κ1) is 16.7. The largest absolute Gasteiger partial charge is 0.494 e. The molecule has 2 aromatic rings. The van der Waals surface area contributed by atoms with Crippen LogP contribution in [-0.4, -0.2) is 34.4 Å². The summed E-state index contributed by atoms with van der Waals surface area (Å²) in [6.07, 6.45) is 4.27. The van der Waals surface area contributed by atoms with Crippen molar-refractivity contribution in [1.82, 2.24) is 4.98 Å². The van der Waals surface area contributed by atoms with Gasteiger partial charge in [0.25, 0.3) is 0 Å². The van der Waals surface area contributed by atoms with Gasteiger partial charge in [-0.05, 0) is 56.9 Å². The maximum absolute atomic E-state index is 10.6. The normalized spacial score (nSPS) is 19.2. The second-order valence-electron chi connectivity index (χ2n) is 6.98. The lowest BCUT2D eigenvalue weighted by molar-refractivity contribution is -0.131. The summed E-state index contributed by atoms with van der Waals surface area (Å²) in [6.45, 7) is 8.07. The topological polar surface area (TPSA) is 68.7 Å². The number of nitrogens with zero attached hydrogens (tertiary/aromatic N) is 1. The van der Waals surface area contributed by atoms with Crippen LogP contribution in [0.2, 0.25) is 0 Å². The third-order valence-electron chi connectivity index (χ3n) is 4.67. The number of rotatable bonds is 3. The van der Waals surface area contributed by atoms with Crippen LogP contribution in [0.1, 0.15) is 33.3 Å². The number of pyridine rings is 1. The van der Waals surface area contributed by atoms with E-state index in [0.717, 1.165) is 28.0 Å². The monoisotopic (exact) mass is 325 g/mol. The summed E-state index contributed by atoms with van der Waals surface area (Å²) in [4.78, 5) is 15.0. The molecule has 0 saturated carbocycles. The lowest BCUT2D eigenvalue weighted by atomic mass is 9.78. The van der Waals surface area contributed by atoms with Crippen molar-refractivity contribution in [2.45, 2.75) is 38.9 Å². The predicted molar refractivity (Wildman–Crippen MR) is 94.1 cm³/mol. The second-order valence-corrected chi connectivity index (χ2v) is 6.98. The minimum absolute atomic E-state index is 0.392. The Morgan fingerprint density at radius 3 is 2.46 bits per heavy atom. The van der Waals surface area contributed by atoms with Crippen LogP contribution in [0.25, 0.3) is 17.0 Å². The Balaban J connectivity index is 1.95. The van der Waals surface area contributed by atoms with Gasteiger partial charge >= 0.3 is 13.1 Å². The Morgan fingerprint density at radius 1 is 1.17 bits per heavy atom. The van der Waals surface area contributed by atoms with Gasteiger partial charge < -0.3 is 14.4 Å². The minimum atomic E-state index is -0.985. The number of benzene rings is 1. The number of carboxylic acid groups (broad SMARTS) is 1. The number of aliphatic carboxylic acids is 1. The number of carboxylic acids is 1. The Hall–Kier alpha value is -2.18. The first-order valence-electron chi connectivity index (χ1n) is 7.84. The van der Waals surface area contributed by atoms with Gasteiger partial charge in [0.2, 0.25) is 0 Å². The lowest BCUT2D eigenvalue weighted by Crippen LogP contribution is -2.41. The van der Waals surface area contributed by atoms with Crippen LogP contribution in [0.5, 0.6) is 0 Å². The van der Waals surface area contributed by atoms with Crippen molar-refractivity contribution < 1.29 is 19.2 Å². The summed E-state index contributed by atoms with van der Waals surface area (Å²) in [7, 11) is -0.433. The zero-order chi connectivity index (χ0) is 17.5. The lowest BCUT2D eigenvalue weighted by Gasteiger charge is -2.32. The van der Waals surface area contributed by atoms with Crippen LogP contribution in [0, 0.1) is 0 Å². The summed E-state index contributed by atoms with van der Waals surface area (Å²) in [5.74, 6) is -0.985. The molecule has 1 aromatic carbocycles. The molecular weight excluding hydrogens is 305 g/mol. The fourth-order valence-corrected chi connectivity index (χ4v) is 2.55. The quantitative estimate of drug-likeness (QED) is 0.694. The molecule has 0 unspecified atom stereocenters. The number of aromatic nitrogens is 1. The molecule has 0 aliphatic carbocycles. The fraction of sp³-hybridized carbons (Fsp3) is 0.333. The minimum Gasteiger partial charge on any atom is -0.478 e. The maximum atomic E-state index is 10.6. The van der Waals surface area contributed by atoms with Gasteiger partial charge in [-0.1, -0.05) is 12.1 Å². The van der Waals surface area contributed by atoms with E-state index in [1.54, 1.807) is 6.20 Å². The van der Waals surface area contributed by atoms with E-state index >= 15 is 0 Å². The molecule has 1 aliphatic heterocycles. The van der Waals surface area contributed by atoms with E-state index in [2.05, 4.69) is 4.98 Å². The molecule has 1 saturated heterocycles. The van der Waals surface area contributed by atoms with E-state index in [1.165, 1.54) is 6.08 Å². The van der Waals surface area contributed by atoms with Crippen LogP contribution in [0.4, 0.5) is 0 Å². The average molecular weight is 325 g/mol. The van der Waals surface area contributed by atoms with Crippen molar-refractivity contribution in [3.8, 4) is 0 Å². The predicted octanol–water partition coefficient (Wildman–Crippen LogP) is 2.63. The molecule has 1 aliphatic rings. The van der Waals surface area contributed by atoms with Crippen molar-refractivity contribution in [2.75, 3.05) is 0 Å². The van der Waals surface area contributed by atoms with E-state index in [4.69, 9.17) is 14.4 Å². The number of carbonyl (C=O) groups is 1. The Morgan fingerprint density at radius 2 is 1.83 bits per heavy atom. The molecule has 1 N–H and O–H groups in total. The molecule has 0 amide bonds. The van der Waals surface area contributed by atoms with E-state index in [1.807, 2.05) is 52.0 Å². The molecule has 1 aromatic heterocycles. The standard InChI is InChI=1S/C18H20BNO4/c1-17(2)18(3,4)24-19(23-17)14-6-7-15-13(10-14)9-12(11-20-15)5-8-16(21)22/h5-11H,1-4H3,(H,21,22)/b8-5+. The van der Waals surface area contributed by atoms with Gasteiger partial charge in [0.15, 0.2) is 0 Å². The molecule has 0 radical (unpaired) electrons. The molecule has 5 nitrogen and oxygen atoms in total. The van der Waals surface area contributed by atoms with E-state index in [0.29, 0.717) is 0 Å². The third kappa shape index (κ3) is 3.07. The highest BCUT2D eigenvalue weighted by atomic mass is 16.7. The van der Waals surface area contributed by atoms with Gasteiger partial charge in [-0.2, -0.15) is 0 Å². The van der Waals surface area contributed by atoms with Gasteiger partial charge in [0, 0.05) is 17.7 Å². The van der Waals surface area contributed by atoms with Crippen molar-refractivity contribution in [2.24, 2.45) is 0 Å². The SMILES string of the molecule is CC1(C)OB(c2ccc3ncc(/C=C/C(=O)O)cc3c2)OC1(C)C. The van der Waals surface area contributed by atoms with Crippen molar-refractivity contribution >= 4 is 35.5 Å². The molecule has 124 valence electrons. The van der Waals surface area contributed by atoms with Crippen LogP contribution in [-0.2, 0) is 14.1 Å². The summed E-state index contributed by atoms with van der Waals surface area (Å²) < 4.78 is 12.1. The zero-order valence-corrected chi connectivity index (χ0v) is 14.2. The highest BCUT2D eigenvalue weighted by Crippen LogP contribution is 2.36. The maximum Gasteiger partial charge on any atom is 0.494 e. The number of fused-ring (bicyclic) bond motifs is 1. The molecule has 2 heterocycles.